The number of sulfonamides is 1. The van der Waals surface area contributed by atoms with Crippen molar-refractivity contribution in [3.63, 3.8) is 0 Å². The summed E-state index contributed by atoms with van der Waals surface area (Å²) in [5, 5.41) is 2.98. The van der Waals surface area contributed by atoms with Gasteiger partial charge in [-0.1, -0.05) is 19.9 Å². The first kappa shape index (κ1) is 19.9. The van der Waals surface area contributed by atoms with Crippen molar-refractivity contribution >= 4 is 15.9 Å². The molecular weight excluding hydrogens is 338 g/mol. The Hall–Kier alpha value is -1.44. The number of nitrogens with zero attached hydrogens (tertiary/aromatic N) is 1. The zero-order valence-electron chi connectivity index (χ0n) is 15.3. The molecular formula is C18H29N3O3S. The molecule has 1 unspecified atom stereocenters. The van der Waals surface area contributed by atoms with Crippen molar-refractivity contribution in [3.8, 4) is 0 Å². The van der Waals surface area contributed by atoms with Gasteiger partial charge in [0.2, 0.25) is 10.0 Å². The first-order chi connectivity index (χ1) is 11.9. The molecule has 1 atom stereocenters. The highest BCUT2D eigenvalue weighted by Crippen LogP contribution is 2.17. The normalized spacial score (nSPS) is 16.8. The molecule has 1 aromatic rings. The van der Waals surface area contributed by atoms with Crippen LogP contribution in [0.5, 0.6) is 0 Å². The Balaban J connectivity index is 2.10. The van der Waals surface area contributed by atoms with Gasteiger partial charge in [0.05, 0.1) is 4.90 Å². The van der Waals surface area contributed by atoms with Crippen molar-refractivity contribution in [2.45, 2.75) is 51.0 Å². The van der Waals surface area contributed by atoms with Gasteiger partial charge in [-0.05, 0) is 57.0 Å². The minimum absolute atomic E-state index is 0.122. The number of nitrogens with one attached hydrogen (secondary N) is 2. The van der Waals surface area contributed by atoms with E-state index in [-0.39, 0.29) is 10.8 Å². The van der Waals surface area contributed by atoms with E-state index in [1.807, 2.05) is 6.92 Å². The van der Waals surface area contributed by atoms with Gasteiger partial charge < -0.3 is 5.32 Å². The van der Waals surface area contributed by atoms with Crippen molar-refractivity contribution in [2.24, 2.45) is 0 Å². The first-order valence-electron chi connectivity index (χ1n) is 9.01. The number of amides is 1. The Bertz CT molecular complexity index is 698. The van der Waals surface area contributed by atoms with E-state index in [9.17, 15) is 13.2 Å². The minimum Gasteiger partial charge on any atom is -0.350 e. The van der Waals surface area contributed by atoms with E-state index in [0.717, 1.165) is 25.1 Å². The smallest absolute Gasteiger partial charge is 0.251 e. The summed E-state index contributed by atoms with van der Waals surface area (Å²) in [6.45, 7) is 8.74. The Kier molecular flexibility index (Phi) is 6.98. The summed E-state index contributed by atoms with van der Waals surface area (Å²) < 4.78 is 26.8. The number of carbonyl (C=O) groups excluding carboxylic acids is 1. The molecule has 1 aliphatic rings. The van der Waals surface area contributed by atoms with Gasteiger partial charge in [0, 0.05) is 24.7 Å². The molecule has 25 heavy (non-hydrogen) atoms. The summed E-state index contributed by atoms with van der Waals surface area (Å²) in [7, 11) is -3.57. The van der Waals surface area contributed by atoms with Crippen LogP contribution in [0.1, 0.15) is 49.0 Å². The SMILES string of the molecule is CCNS(=O)(=O)c1ccc(C)c(C(=O)NCC(CC)N2CCCC2)c1. The third kappa shape index (κ3) is 5.03. The van der Waals surface area contributed by atoms with Crippen LogP contribution in [0, 0.1) is 6.92 Å². The molecule has 1 heterocycles. The van der Waals surface area contributed by atoms with E-state index >= 15 is 0 Å². The van der Waals surface area contributed by atoms with Gasteiger partial charge in [-0.3, -0.25) is 9.69 Å². The molecule has 7 heteroatoms. The maximum absolute atomic E-state index is 12.6. The Morgan fingerprint density at radius 1 is 1.24 bits per heavy atom. The van der Waals surface area contributed by atoms with Crippen LogP contribution in [0.2, 0.25) is 0 Å². The molecule has 1 aromatic carbocycles. The standard InChI is InChI=1S/C18H29N3O3S/c1-4-15(21-10-6-7-11-21)13-19-18(22)17-12-16(9-8-14(17)3)25(23,24)20-5-2/h8-9,12,15,20H,4-7,10-11,13H2,1-3H3,(H,19,22). The molecule has 0 bridgehead atoms. The van der Waals surface area contributed by atoms with Crippen LogP contribution in [-0.4, -0.2) is 51.4 Å². The van der Waals surface area contributed by atoms with Crippen LogP contribution in [-0.2, 0) is 10.0 Å². The number of hydrogen-bond donors (Lipinski definition) is 2. The predicted molar refractivity (Wildman–Crippen MR) is 99.3 cm³/mol. The zero-order chi connectivity index (χ0) is 18.4. The Labute approximate surface area is 151 Å². The fraction of sp³-hybridized carbons (Fsp3) is 0.611. The van der Waals surface area contributed by atoms with E-state index < -0.39 is 10.0 Å². The lowest BCUT2D eigenvalue weighted by atomic mass is 10.1. The Morgan fingerprint density at radius 2 is 1.92 bits per heavy atom. The molecule has 140 valence electrons. The topological polar surface area (TPSA) is 78.5 Å². The molecule has 2 rings (SSSR count). The summed E-state index contributed by atoms with van der Waals surface area (Å²) in [6.07, 6.45) is 3.41. The lowest BCUT2D eigenvalue weighted by Crippen LogP contribution is -2.42. The zero-order valence-corrected chi connectivity index (χ0v) is 16.2. The quantitative estimate of drug-likeness (QED) is 0.736. The van der Waals surface area contributed by atoms with Gasteiger partial charge in [0.15, 0.2) is 0 Å². The number of hydrogen-bond acceptors (Lipinski definition) is 4. The van der Waals surface area contributed by atoms with Crippen molar-refractivity contribution in [1.29, 1.82) is 0 Å². The second kappa shape index (κ2) is 8.78. The fourth-order valence-electron chi connectivity index (χ4n) is 3.23. The van der Waals surface area contributed by atoms with E-state index in [2.05, 4.69) is 21.9 Å². The molecule has 1 aliphatic heterocycles. The lowest BCUT2D eigenvalue weighted by molar-refractivity contribution is 0.0936. The van der Waals surface area contributed by atoms with Crippen molar-refractivity contribution in [1.82, 2.24) is 14.9 Å². The molecule has 0 spiro atoms. The Morgan fingerprint density at radius 3 is 2.52 bits per heavy atom. The summed E-state index contributed by atoms with van der Waals surface area (Å²) in [6, 6.07) is 5.00. The highest BCUT2D eigenvalue weighted by atomic mass is 32.2. The van der Waals surface area contributed by atoms with Gasteiger partial charge in [0.1, 0.15) is 0 Å². The maximum Gasteiger partial charge on any atom is 0.251 e. The number of aryl methyl sites for hydroxylation is 1. The molecule has 6 nitrogen and oxygen atoms in total. The van der Waals surface area contributed by atoms with Crippen LogP contribution in [0.25, 0.3) is 0 Å². The van der Waals surface area contributed by atoms with E-state index in [1.54, 1.807) is 13.0 Å². The van der Waals surface area contributed by atoms with E-state index in [1.165, 1.54) is 25.0 Å². The van der Waals surface area contributed by atoms with Crippen LogP contribution >= 0.6 is 0 Å². The molecule has 0 aliphatic carbocycles. The number of rotatable bonds is 8. The third-order valence-corrected chi connectivity index (χ3v) is 6.27. The molecule has 2 N–H and O–H groups in total. The van der Waals surface area contributed by atoms with Crippen molar-refractivity contribution in [3.05, 3.63) is 29.3 Å². The monoisotopic (exact) mass is 367 g/mol. The highest BCUT2D eigenvalue weighted by Gasteiger charge is 2.22. The molecule has 1 amide bonds. The highest BCUT2D eigenvalue weighted by molar-refractivity contribution is 7.89. The summed E-state index contributed by atoms with van der Waals surface area (Å²) >= 11 is 0. The summed E-state index contributed by atoms with van der Waals surface area (Å²) in [5.74, 6) is -0.219. The predicted octanol–water partition coefficient (Wildman–Crippen LogP) is 1.90. The van der Waals surface area contributed by atoms with E-state index in [0.29, 0.717) is 24.7 Å². The summed E-state index contributed by atoms with van der Waals surface area (Å²) in [4.78, 5) is 15.1. The second-order valence-corrected chi connectivity index (χ2v) is 8.26. The van der Waals surface area contributed by atoms with Gasteiger partial charge in [-0.15, -0.1) is 0 Å². The van der Waals surface area contributed by atoms with Gasteiger partial charge >= 0.3 is 0 Å². The van der Waals surface area contributed by atoms with Crippen LogP contribution < -0.4 is 10.0 Å². The second-order valence-electron chi connectivity index (χ2n) is 6.49. The number of carbonyl (C=O) groups is 1. The fourth-order valence-corrected chi connectivity index (χ4v) is 4.30. The molecule has 0 saturated carbocycles. The van der Waals surface area contributed by atoms with Crippen LogP contribution in [0.3, 0.4) is 0 Å². The number of likely N-dealkylation sites (tertiary alicyclic amines) is 1. The average molecular weight is 368 g/mol. The lowest BCUT2D eigenvalue weighted by Gasteiger charge is -2.26. The van der Waals surface area contributed by atoms with Gasteiger partial charge in [-0.2, -0.15) is 0 Å². The minimum atomic E-state index is -3.57. The average Bonchev–Trinajstić information content (AvgIpc) is 3.09. The van der Waals surface area contributed by atoms with Gasteiger partial charge in [-0.25, -0.2) is 13.1 Å². The van der Waals surface area contributed by atoms with Crippen molar-refractivity contribution < 1.29 is 13.2 Å². The maximum atomic E-state index is 12.6. The largest absolute Gasteiger partial charge is 0.350 e. The summed E-state index contributed by atoms with van der Waals surface area (Å²) in [5.41, 5.74) is 1.18. The van der Waals surface area contributed by atoms with Crippen molar-refractivity contribution in [2.75, 3.05) is 26.2 Å². The first-order valence-corrected chi connectivity index (χ1v) is 10.5. The van der Waals surface area contributed by atoms with Crippen LogP contribution in [0.4, 0.5) is 0 Å². The molecule has 0 aromatic heterocycles. The molecule has 0 radical (unpaired) electrons. The molecule has 1 saturated heterocycles. The van der Waals surface area contributed by atoms with Crippen LogP contribution in [0.15, 0.2) is 23.1 Å². The van der Waals surface area contributed by atoms with E-state index in [4.69, 9.17) is 0 Å². The third-order valence-electron chi connectivity index (χ3n) is 4.72. The van der Waals surface area contributed by atoms with Gasteiger partial charge in [0.25, 0.3) is 5.91 Å². The number of benzene rings is 1. The molecule has 1 fully saturated rings.